The van der Waals surface area contributed by atoms with Gasteiger partial charge in [0.15, 0.2) is 12.4 Å². The molecule has 156 valence electrons. The van der Waals surface area contributed by atoms with Crippen molar-refractivity contribution >= 4 is 17.2 Å². The maximum Gasteiger partial charge on any atom is 0.170 e. The third-order valence-corrected chi connectivity index (χ3v) is 5.22. The van der Waals surface area contributed by atoms with E-state index in [-0.39, 0.29) is 18.3 Å². The molecule has 31 heavy (non-hydrogen) atoms. The molecular formula is C23H19FN4O2S. The average Bonchev–Trinajstić information content (AvgIpc) is 3.28. The van der Waals surface area contributed by atoms with Crippen LogP contribution in [0.2, 0.25) is 0 Å². The van der Waals surface area contributed by atoms with Crippen LogP contribution in [0.4, 0.5) is 4.39 Å². The van der Waals surface area contributed by atoms with Crippen LogP contribution >= 0.6 is 11.3 Å². The van der Waals surface area contributed by atoms with Crippen LogP contribution < -0.4 is 10.5 Å². The Labute approximate surface area is 182 Å². The van der Waals surface area contributed by atoms with Gasteiger partial charge in [-0.3, -0.25) is 4.98 Å². The summed E-state index contributed by atoms with van der Waals surface area (Å²) in [7, 11) is 0. The maximum atomic E-state index is 13.1. The molecule has 0 saturated carbocycles. The Hall–Kier alpha value is -3.78. The molecule has 4 rings (SSSR count). The first-order valence-electron chi connectivity index (χ1n) is 9.45. The van der Waals surface area contributed by atoms with E-state index in [1.54, 1.807) is 30.6 Å². The highest BCUT2D eigenvalue weighted by Gasteiger charge is 2.07. The van der Waals surface area contributed by atoms with E-state index in [0.717, 1.165) is 21.8 Å². The number of benzene rings is 2. The Kier molecular flexibility index (Phi) is 6.49. The SMILES string of the molecule is N/C(=N\OCc1csc(-c2ccc(F)cc2)n1)c1cccc(OCc2cccnc2)c1. The number of oxime groups is 1. The number of nitrogens with two attached hydrogens (primary N) is 1. The third-order valence-electron chi connectivity index (χ3n) is 4.28. The van der Waals surface area contributed by atoms with Crippen LogP contribution in [0.5, 0.6) is 5.75 Å². The number of rotatable bonds is 8. The second kappa shape index (κ2) is 9.82. The Morgan fingerprint density at radius 2 is 1.94 bits per heavy atom. The van der Waals surface area contributed by atoms with Gasteiger partial charge in [0.05, 0.1) is 5.69 Å². The number of thiazole rings is 1. The number of pyridine rings is 1. The molecule has 6 nitrogen and oxygen atoms in total. The lowest BCUT2D eigenvalue weighted by atomic mass is 10.2. The van der Waals surface area contributed by atoms with Crippen molar-refractivity contribution in [3.05, 3.63) is 101 Å². The van der Waals surface area contributed by atoms with Crippen molar-refractivity contribution in [2.24, 2.45) is 10.9 Å². The van der Waals surface area contributed by atoms with Gasteiger partial charge in [0.25, 0.3) is 0 Å². The van der Waals surface area contributed by atoms with Gasteiger partial charge < -0.3 is 15.3 Å². The molecule has 2 aromatic heterocycles. The molecule has 0 amide bonds. The van der Waals surface area contributed by atoms with E-state index in [4.69, 9.17) is 15.3 Å². The van der Waals surface area contributed by atoms with Crippen molar-refractivity contribution in [1.82, 2.24) is 9.97 Å². The predicted molar refractivity (Wildman–Crippen MR) is 118 cm³/mol. The number of hydrogen-bond donors (Lipinski definition) is 1. The molecule has 4 aromatic rings. The van der Waals surface area contributed by atoms with Crippen molar-refractivity contribution in [3.63, 3.8) is 0 Å². The van der Waals surface area contributed by atoms with E-state index in [0.29, 0.717) is 17.9 Å². The van der Waals surface area contributed by atoms with Crippen LogP contribution in [-0.2, 0) is 18.1 Å². The first-order chi connectivity index (χ1) is 15.2. The van der Waals surface area contributed by atoms with Crippen LogP contribution in [0, 0.1) is 5.82 Å². The van der Waals surface area contributed by atoms with Crippen LogP contribution in [0.3, 0.4) is 0 Å². The zero-order chi connectivity index (χ0) is 21.5. The molecule has 0 radical (unpaired) electrons. The van der Waals surface area contributed by atoms with Gasteiger partial charge >= 0.3 is 0 Å². The normalized spacial score (nSPS) is 11.3. The van der Waals surface area contributed by atoms with E-state index in [2.05, 4.69) is 15.1 Å². The van der Waals surface area contributed by atoms with Crippen LogP contribution in [0.15, 0.2) is 83.6 Å². The van der Waals surface area contributed by atoms with Gasteiger partial charge in [0, 0.05) is 34.5 Å². The fourth-order valence-electron chi connectivity index (χ4n) is 2.71. The molecule has 0 bridgehead atoms. The molecule has 2 aromatic carbocycles. The van der Waals surface area contributed by atoms with E-state index in [1.807, 2.05) is 35.7 Å². The Balaban J connectivity index is 1.34. The summed E-state index contributed by atoms with van der Waals surface area (Å²) in [6, 6.07) is 17.3. The predicted octanol–water partition coefficient (Wildman–Crippen LogP) is 4.76. The van der Waals surface area contributed by atoms with Crippen molar-refractivity contribution in [2.45, 2.75) is 13.2 Å². The van der Waals surface area contributed by atoms with Gasteiger partial charge in [-0.1, -0.05) is 23.4 Å². The maximum absolute atomic E-state index is 13.1. The van der Waals surface area contributed by atoms with Crippen LogP contribution in [-0.4, -0.2) is 15.8 Å². The standard InChI is InChI=1S/C23H19FN4O2S/c24-19-8-6-17(7-9-19)23-27-20(15-31-23)14-30-28-22(25)18-4-1-5-21(11-18)29-13-16-3-2-10-26-12-16/h1-12,15H,13-14H2,(H2,25,28). The zero-order valence-electron chi connectivity index (χ0n) is 16.4. The molecule has 0 unspecified atom stereocenters. The smallest absolute Gasteiger partial charge is 0.170 e. The molecule has 2 heterocycles. The summed E-state index contributed by atoms with van der Waals surface area (Å²) in [6.07, 6.45) is 3.48. The van der Waals surface area contributed by atoms with Gasteiger partial charge in [-0.2, -0.15) is 0 Å². The highest BCUT2D eigenvalue weighted by molar-refractivity contribution is 7.13. The average molecular weight is 434 g/mol. The summed E-state index contributed by atoms with van der Waals surface area (Å²) in [6.45, 7) is 0.584. The Morgan fingerprint density at radius 3 is 2.74 bits per heavy atom. The number of hydrogen-bond acceptors (Lipinski definition) is 6. The van der Waals surface area contributed by atoms with Gasteiger partial charge in [-0.25, -0.2) is 9.37 Å². The highest BCUT2D eigenvalue weighted by Crippen LogP contribution is 2.24. The van der Waals surface area contributed by atoms with E-state index >= 15 is 0 Å². The van der Waals surface area contributed by atoms with Crippen molar-refractivity contribution in [3.8, 4) is 16.3 Å². The first-order valence-corrected chi connectivity index (χ1v) is 10.3. The second-order valence-corrected chi connectivity index (χ2v) is 7.44. The molecule has 0 saturated heterocycles. The van der Waals surface area contributed by atoms with Gasteiger partial charge in [0.2, 0.25) is 0 Å². The van der Waals surface area contributed by atoms with Crippen molar-refractivity contribution in [2.75, 3.05) is 0 Å². The number of halogens is 1. The monoisotopic (exact) mass is 434 g/mol. The second-order valence-electron chi connectivity index (χ2n) is 6.58. The highest BCUT2D eigenvalue weighted by atomic mass is 32.1. The fourth-order valence-corrected chi connectivity index (χ4v) is 3.52. The summed E-state index contributed by atoms with van der Waals surface area (Å²) in [5.41, 5.74) is 9.28. The molecule has 0 aliphatic rings. The summed E-state index contributed by atoms with van der Waals surface area (Å²) < 4.78 is 18.8. The largest absolute Gasteiger partial charge is 0.489 e. The van der Waals surface area contributed by atoms with Gasteiger partial charge in [-0.15, -0.1) is 11.3 Å². The quantitative estimate of drug-likeness (QED) is 0.246. The first kappa shape index (κ1) is 20.5. The molecule has 0 aliphatic heterocycles. The summed E-state index contributed by atoms with van der Waals surface area (Å²) >= 11 is 1.46. The van der Waals surface area contributed by atoms with Crippen molar-refractivity contribution in [1.29, 1.82) is 0 Å². The summed E-state index contributed by atoms with van der Waals surface area (Å²) in [4.78, 5) is 13.9. The van der Waals surface area contributed by atoms with Gasteiger partial charge in [0.1, 0.15) is 23.2 Å². The summed E-state index contributed by atoms with van der Waals surface area (Å²) in [5.74, 6) is 0.629. The minimum Gasteiger partial charge on any atom is -0.489 e. The Morgan fingerprint density at radius 1 is 1.06 bits per heavy atom. The Bertz CT molecular complexity index is 1160. The number of ether oxygens (including phenoxy) is 1. The van der Waals surface area contributed by atoms with Crippen LogP contribution in [0.1, 0.15) is 16.8 Å². The van der Waals surface area contributed by atoms with E-state index in [1.165, 1.54) is 23.5 Å². The lowest BCUT2D eigenvalue weighted by molar-refractivity contribution is 0.128. The molecule has 0 atom stereocenters. The number of aromatic nitrogens is 2. The minimum atomic E-state index is -0.278. The molecule has 0 spiro atoms. The molecule has 0 aliphatic carbocycles. The topological polar surface area (TPSA) is 82.6 Å². The third kappa shape index (κ3) is 5.64. The van der Waals surface area contributed by atoms with E-state index in [9.17, 15) is 4.39 Å². The molecular weight excluding hydrogens is 415 g/mol. The molecule has 8 heteroatoms. The van der Waals surface area contributed by atoms with Crippen LogP contribution in [0.25, 0.3) is 10.6 Å². The van der Waals surface area contributed by atoms with E-state index < -0.39 is 0 Å². The lowest BCUT2D eigenvalue weighted by Crippen LogP contribution is -2.14. The minimum absolute atomic E-state index is 0.176. The fraction of sp³-hybridized carbons (Fsp3) is 0.0870. The summed E-state index contributed by atoms with van der Waals surface area (Å²) in [5, 5.41) is 6.65. The zero-order valence-corrected chi connectivity index (χ0v) is 17.3. The number of nitrogens with zero attached hydrogens (tertiary/aromatic N) is 3. The molecule has 2 N–H and O–H groups in total. The molecule has 0 fully saturated rings. The lowest BCUT2D eigenvalue weighted by Gasteiger charge is -2.08. The number of amidine groups is 1. The van der Waals surface area contributed by atoms with Crippen molar-refractivity contribution < 1.29 is 14.0 Å². The van der Waals surface area contributed by atoms with Gasteiger partial charge in [-0.05, 0) is 42.5 Å².